The van der Waals surface area contributed by atoms with Gasteiger partial charge in [0.1, 0.15) is 12.4 Å². The van der Waals surface area contributed by atoms with Crippen molar-refractivity contribution < 1.29 is 4.74 Å². The average molecular weight is 440 g/mol. The van der Waals surface area contributed by atoms with Crippen LogP contribution in [0.4, 0.5) is 0 Å². The lowest BCUT2D eigenvalue weighted by Gasteiger charge is -2.24. The lowest BCUT2D eigenvalue weighted by molar-refractivity contribution is 0.168. The highest BCUT2D eigenvalue weighted by molar-refractivity contribution is 5.98. The molecule has 2 atom stereocenters. The Morgan fingerprint density at radius 3 is 2.03 bits per heavy atom. The Labute approximate surface area is 199 Å². The minimum atomic E-state index is 0.450. The maximum atomic E-state index is 6.20. The minimum Gasteiger partial charge on any atom is -0.492 e. The van der Waals surface area contributed by atoms with Gasteiger partial charge in [0.25, 0.3) is 0 Å². The van der Waals surface area contributed by atoms with Crippen LogP contribution in [-0.2, 0) is 0 Å². The van der Waals surface area contributed by atoms with Crippen molar-refractivity contribution in [3.8, 4) is 5.75 Å². The third-order valence-electron chi connectivity index (χ3n) is 6.99. The van der Waals surface area contributed by atoms with Crippen molar-refractivity contribution in [2.75, 3.05) is 19.7 Å². The van der Waals surface area contributed by atoms with Crippen LogP contribution in [0.2, 0.25) is 0 Å². The number of hydrogen-bond donors (Lipinski definition) is 0. The fourth-order valence-corrected chi connectivity index (χ4v) is 4.92. The quantitative estimate of drug-likeness (QED) is 0.319. The first-order valence-electron chi connectivity index (χ1n) is 12.5. The summed E-state index contributed by atoms with van der Waals surface area (Å²) in [5.41, 5.74) is 6.42. The van der Waals surface area contributed by atoms with Crippen LogP contribution in [0.15, 0.2) is 84.9 Å². The number of nitrogens with zero attached hydrogens (tertiary/aromatic N) is 1. The molecule has 1 heterocycles. The average Bonchev–Trinajstić information content (AvgIpc) is 3.37. The Morgan fingerprint density at radius 1 is 0.848 bits per heavy atom. The second-order valence-corrected chi connectivity index (χ2v) is 9.18. The molecular formula is C31H37NO. The zero-order chi connectivity index (χ0) is 23.0. The first kappa shape index (κ1) is 23.3. The summed E-state index contributed by atoms with van der Waals surface area (Å²) in [6.45, 7) is 9.98. The summed E-state index contributed by atoms with van der Waals surface area (Å²) in [5.74, 6) is 1.80. The first-order chi connectivity index (χ1) is 16.2. The highest BCUT2D eigenvalue weighted by Gasteiger charge is 2.25. The van der Waals surface area contributed by atoms with Crippen LogP contribution < -0.4 is 4.74 Å². The van der Waals surface area contributed by atoms with E-state index in [1.165, 1.54) is 53.8 Å². The summed E-state index contributed by atoms with van der Waals surface area (Å²) < 4.78 is 6.20. The largest absolute Gasteiger partial charge is 0.492 e. The van der Waals surface area contributed by atoms with Gasteiger partial charge in [0.15, 0.2) is 0 Å². The molecule has 0 radical (unpaired) electrons. The number of ether oxygens (including phenoxy) is 1. The predicted molar refractivity (Wildman–Crippen MR) is 140 cm³/mol. The molecule has 1 aliphatic rings. The molecule has 0 aromatic heterocycles. The predicted octanol–water partition coefficient (Wildman–Crippen LogP) is 7.55. The van der Waals surface area contributed by atoms with E-state index in [1.54, 1.807) is 0 Å². The van der Waals surface area contributed by atoms with Crippen molar-refractivity contribution in [1.29, 1.82) is 0 Å². The van der Waals surface area contributed by atoms with Crippen LogP contribution in [0.25, 0.3) is 11.1 Å². The number of benzene rings is 3. The van der Waals surface area contributed by atoms with Crippen molar-refractivity contribution in [2.45, 2.75) is 46.1 Å². The van der Waals surface area contributed by atoms with Crippen LogP contribution in [0, 0.1) is 5.92 Å². The second kappa shape index (κ2) is 11.3. The normalized spacial score (nSPS) is 18.1. The third kappa shape index (κ3) is 5.75. The zero-order valence-corrected chi connectivity index (χ0v) is 20.3. The van der Waals surface area contributed by atoms with Crippen LogP contribution in [0.5, 0.6) is 5.75 Å². The van der Waals surface area contributed by atoms with E-state index in [0.717, 1.165) is 24.7 Å². The van der Waals surface area contributed by atoms with E-state index in [2.05, 4.69) is 111 Å². The smallest absolute Gasteiger partial charge is 0.119 e. The number of likely N-dealkylation sites (tertiary alicyclic amines) is 1. The molecule has 0 aliphatic carbocycles. The maximum Gasteiger partial charge on any atom is 0.119 e. The van der Waals surface area contributed by atoms with Gasteiger partial charge >= 0.3 is 0 Å². The van der Waals surface area contributed by atoms with Gasteiger partial charge in [-0.1, -0.05) is 93.1 Å². The molecule has 2 nitrogen and oxygen atoms in total. The monoisotopic (exact) mass is 439 g/mol. The van der Waals surface area contributed by atoms with Crippen molar-refractivity contribution in [1.82, 2.24) is 4.90 Å². The van der Waals surface area contributed by atoms with Gasteiger partial charge in [-0.05, 0) is 72.2 Å². The molecule has 1 fully saturated rings. The molecular weight excluding hydrogens is 402 g/mol. The van der Waals surface area contributed by atoms with E-state index in [9.17, 15) is 0 Å². The van der Waals surface area contributed by atoms with E-state index < -0.39 is 0 Å². The molecule has 1 saturated heterocycles. The summed E-state index contributed by atoms with van der Waals surface area (Å²) in [5, 5.41) is 0. The number of allylic oxidation sites excluding steroid dienone is 1. The third-order valence-corrected chi connectivity index (χ3v) is 6.99. The van der Waals surface area contributed by atoms with Crippen molar-refractivity contribution >= 4 is 11.1 Å². The summed E-state index contributed by atoms with van der Waals surface area (Å²) in [7, 11) is 0. The Balaban J connectivity index is 1.55. The topological polar surface area (TPSA) is 12.5 Å². The molecule has 0 bridgehead atoms. The first-order valence-corrected chi connectivity index (χ1v) is 12.5. The molecule has 1 aliphatic heterocycles. The minimum absolute atomic E-state index is 0.450. The van der Waals surface area contributed by atoms with Gasteiger partial charge in [-0.2, -0.15) is 0 Å². The fourth-order valence-electron chi connectivity index (χ4n) is 4.92. The van der Waals surface area contributed by atoms with Crippen LogP contribution >= 0.6 is 0 Å². The Bertz CT molecular complexity index is 1020. The van der Waals surface area contributed by atoms with Gasteiger partial charge in [-0.15, -0.1) is 0 Å². The molecule has 33 heavy (non-hydrogen) atoms. The van der Waals surface area contributed by atoms with Crippen molar-refractivity contribution in [3.05, 3.63) is 102 Å². The summed E-state index contributed by atoms with van der Waals surface area (Å²) in [6, 6.07) is 30.6. The van der Waals surface area contributed by atoms with Crippen LogP contribution in [-0.4, -0.2) is 30.6 Å². The zero-order valence-electron chi connectivity index (χ0n) is 20.3. The lowest BCUT2D eigenvalue weighted by Crippen LogP contribution is -2.35. The SMILES string of the molecule is CC/C(=C(\c1ccccc1)c1ccc(OC[C@@H](C)N2CC[C@H](CC)C2)cc1)c1ccccc1. The molecule has 3 aromatic rings. The van der Waals surface area contributed by atoms with Crippen LogP contribution in [0.1, 0.15) is 56.7 Å². The molecule has 0 amide bonds. The lowest BCUT2D eigenvalue weighted by atomic mass is 9.88. The van der Waals surface area contributed by atoms with E-state index in [1.807, 2.05) is 0 Å². The summed E-state index contributed by atoms with van der Waals surface area (Å²) in [6.07, 6.45) is 3.58. The number of hydrogen-bond acceptors (Lipinski definition) is 2. The molecule has 0 saturated carbocycles. The summed E-state index contributed by atoms with van der Waals surface area (Å²) in [4.78, 5) is 2.58. The van der Waals surface area contributed by atoms with Gasteiger partial charge < -0.3 is 4.74 Å². The Hall–Kier alpha value is -2.84. The standard InChI is InChI=1S/C31H37NO/c1-4-25-20-21-32(22-25)24(3)23-33-29-18-16-28(17-19-29)31(27-14-10-7-11-15-27)30(5-2)26-12-8-6-9-13-26/h6-19,24-25H,4-5,20-23H2,1-3H3/b31-30-/t24-,25+/m1/s1. The molecule has 172 valence electrons. The summed E-state index contributed by atoms with van der Waals surface area (Å²) >= 11 is 0. The second-order valence-electron chi connectivity index (χ2n) is 9.18. The molecule has 3 aromatic carbocycles. The van der Waals surface area contributed by atoms with Crippen molar-refractivity contribution in [2.24, 2.45) is 5.92 Å². The van der Waals surface area contributed by atoms with Crippen molar-refractivity contribution in [3.63, 3.8) is 0 Å². The highest BCUT2D eigenvalue weighted by atomic mass is 16.5. The van der Waals surface area contributed by atoms with Gasteiger partial charge in [0.2, 0.25) is 0 Å². The number of rotatable bonds is 9. The van der Waals surface area contributed by atoms with E-state index in [4.69, 9.17) is 4.74 Å². The maximum absolute atomic E-state index is 6.20. The van der Waals surface area contributed by atoms with Gasteiger partial charge in [0, 0.05) is 12.6 Å². The molecule has 0 N–H and O–H groups in total. The molecule has 0 spiro atoms. The van der Waals surface area contributed by atoms with Gasteiger partial charge in [-0.25, -0.2) is 0 Å². The van der Waals surface area contributed by atoms with E-state index >= 15 is 0 Å². The van der Waals surface area contributed by atoms with Crippen LogP contribution in [0.3, 0.4) is 0 Å². The Kier molecular flexibility index (Phi) is 8.01. The molecule has 4 rings (SSSR count). The van der Waals surface area contributed by atoms with E-state index in [0.29, 0.717) is 6.04 Å². The fraction of sp³-hybridized carbons (Fsp3) is 0.355. The van der Waals surface area contributed by atoms with Gasteiger partial charge in [0.05, 0.1) is 0 Å². The highest BCUT2D eigenvalue weighted by Crippen LogP contribution is 2.35. The molecule has 0 unspecified atom stereocenters. The molecule has 2 heteroatoms. The van der Waals surface area contributed by atoms with Gasteiger partial charge in [-0.3, -0.25) is 4.90 Å². The Morgan fingerprint density at radius 2 is 1.45 bits per heavy atom. The van der Waals surface area contributed by atoms with E-state index in [-0.39, 0.29) is 0 Å².